The molecule has 0 bridgehead atoms. The van der Waals surface area contributed by atoms with E-state index in [4.69, 9.17) is 5.11 Å². The number of nitrogens with one attached hydrogen (secondary N) is 2. The number of aliphatic carboxylic acids is 1. The smallest absolute Gasteiger partial charge is 0.314 e. The van der Waals surface area contributed by atoms with Gasteiger partial charge >= 0.3 is 17.1 Å². The molecule has 132 valence electrons. The Morgan fingerprint density at radius 2 is 1.84 bits per heavy atom. The van der Waals surface area contributed by atoms with E-state index in [1.807, 2.05) is 0 Å². The molecular formula is C14H14N4O7. The largest absolute Gasteiger partial charge is 0.481 e. The zero-order valence-corrected chi connectivity index (χ0v) is 13.1. The number of rotatable bonds is 6. The van der Waals surface area contributed by atoms with Crippen LogP contribution in [0.1, 0.15) is 18.4 Å². The molecule has 0 aliphatic carbocycles. The molecule has 0 unspecified atom stereocenters. The zero-order valence-electron chi connectivity index (χ0n) is 13.1. The quantitative estimate of drug-likeness (QED) is 0.373. The number of hydrogen-bond acceptors (Lipinski definition) is 6. The van der Waals surface area contributed by atoms with Crippen LogP contribution in [-0.2, 0) is 16.1 Å². The summed E-state index contributed by atoms with van der Waals surface area (Å²) in [6, 6.07) is 2.28. The lowest BCUT2D eigenvalue weighted by Gasteiger charge is -2.17. The number of hydrogen-bond donors (Lipinski definition) is 3. The van der Waals surface area contributed by atoms with Crippen molar-refractivity contribution in [1.29, 1.82) is 0 Å². The number of carbonyl (C=O) groups excluding carboxylic acids is 1. The van der Waals surface area contributed by atoms with Crippen LogP contribution < -0.4 is 11.1 Å². The SMILES string of the molecule is CN(Cc1cc([N+](=O)[O-])cc2[nH]c(=O)c(=O)[nH]c12)C(=O)CCC(=O)O. The Bertz CT molecular complexity index is 975. The van der Waals surface area contributed by atoms with Crippen molar-refractivity contribution in [2.24, 2.45) is 0 Å². The number of carboxylic acids is 1. The first-order chi connectivity index (χ1) is 11.7. The standard InChI is InChI=1S/C14H14N4O7/c1-17(10(19)2-3-11(20)21)6-7-4-8(18(24)25)5-9-12(7)16-14(23)13(22)15-9/h4-5H,2-3,6H2,1H3,(H,15,22)(H,16,23)(H,20,21). The first-order valence-corrected chi connectivity index (χ1v) is 7.08. The van der Waals surface area contributed by atoms with Crippen LogP contribution in [0.3, 0.4) is 0 Å². The van der Waals surface area contributed by atoms with Crippen LogP contribution in [0.4, 0.5) is 5.69 Å². The number of aromatic nitrogens is 2. The molecule has 1 amide bonds. The van der Waals surface area contributed by atoms with Gasteiger partial charge in [0.05, 0.1) is 22.4 Å². The number of benzene rings is 1. The Morgan fingerprint density at radius 1 is 1.20 bits per heavy atom. The minimum absolute atomic E-state index is 0.0557. The maximum absolute atomic E-state index is 11.9. The lowest BCUT2D eigenvalue weighted by molar-refractivity contribution is -0.384. The summed E-state index contributed by atoms with van der Waals surface area (Å²) in [5.74, 6) is -1.60. The predicted molar refractivity (Wildman–Crippen MR) is 85.2 cm³/mol. The average molecular weight is 350 g/mol. The number of nitro benzene ring substituents is 1. The van der Waals surface area contributed by atoms with Gasteiger partial charge in [-0.1, -0.05) is 0 Å². The van der Waals surface area contributed by atoms with Crippen LogP contribution >= 0.6 is 0 Å². The molecule has 2 aromatic rings. The maximum Gasteiger partial charge on any atom is 0.314 e. The molecule has 0 saturated carbocycles. The number of nitrogens with zero attached hydrogens (tertiary/aromatic N) is 2. The number of carbonyl (C=O) groups is 2. The summed E-state index contributed by atoms with van der Waals surface area (Å²) >= 11 is 0. The summed E-state index contributed by atoms with van der Waals surface area (Å²) in [6.45, 7) is -0.112. The summed E-state index contributed by atoms with van der Waals surface area (Å²) in [5.41, 5.74) is -1.75. The van der Waals surface area contributed by atoms with Crippen molar-refractivity contribution in [3.05, 3.63) is 48.5 Å². The van der Waals surface area contributed by atoms with Gasteiger partial charge in [-0.05, 0) is 0 Å². The Labute approximate surface area is 139 Å². The van der Waals surface area contributed by atoms with Crippen molar-refractivity contribution in [3.8, 4) is 0 Å². The van der Waals surface area contributed by atoms with E-state index in [-0.39, 0.29) is 41.7 Å². The number of H-pyrrole nitrogens is 2. The van der Waals surface area contributed by atoms with Crippen LogP contribution in [0.15, 0.2) is 21.7 Å². The molecule has 1 heterocycles. The molecule has 0 aliphatic heterocycles. The fraction of sp³-hybridized carbons (Fsp3) is 0.286. The lowest BCUT2D eigenvalue weighted by atomic mass is 10.1. The molecule has 1 aromatic carbocycles. The third-order valence-electron chi connectivity index (χ3n) is 3.49. The van der Waals surface area contributed by atoms with E-state index in [1.165, 1.54) is 18.0 Å². The van der Waals surface area contributed by atoms with Crippen molar-refractivity contribution in [3.63, 3.8) is 0 Å². The predicted octanol–water partition coefficient (Wildman–Crippen LogP) is -0.0522. The molecule has 0 aliphatic rings. The van der Waals surface area contributed by atoms with E-state index < -0.39 is 27.9 Å². The van der Waals surface area contributed by atoms with Crippen LogP contribution in [0.25, 0.3) is 11.0 Å². The molecule has 25 heavy (non-hydrogen) atoms. The summed E-state index contributed by atoms with van der Waals surface area (Å²) in [6.07, 6.45) is -0.574. The highest BCUT2D eigenvalue weighted by Gasteiger charge is 2.17. The van der Waals surface area contributed by atoms with E-state index in [0.717, 1.165) is 6.07 Å². The number of non-ortho nitro benzene ring substituents is 1. The molecule has 11 nitrogen and oxygen atoms in total. The second-order valence-electron chi connectivity index (χ2n) is 5.34. The van der Waals surface area contributed by atoms with Crippen molar-refractivity contribution < 1.29 is 19.6 Å². The molecule has 3 N–H and O–H groups in total. The van der Waals surface area contributed by atoms with Gasteiger partial charge in [-0.25, -0.2) is 0 Å². The van der Waals surface area contributed by atoms with Crippen molar-refractivity contribution in [2.75, 3.05) is 7.05 Å². The average Bonchev–Trinajstić information content (AvgIpc) is 2.53. The number of carboxylic acid groups (broad SMARTS) is 1. The summed E-state index contributed by atoms with van der Waals surface area (Å²) < 4.78 is 0. The maximum atomic E-state index is 11.9. The molecule has 0 spiro atoms. The molecule has 2 rings (SSSR count). The molecule has 0 radical (unpaired) electrons. The first kappa shape index (κ1) is 17.8. The normalized spacial score (nSPS) is 10.6. The molecule has 1 aromatic heterocycles. The highest BCUT2D eigenvalue weighted by molar-refractivity contribution is 5.83. The minimum Gasteiger partial charge on any atom is -0.481 e. The third kappa shape index (κ3) is 4.07. The Balaban J connectivity index is 2.44. The third-order valence-corrected chi connectivity index (χ3v) is 3.49. The Morgan fingerprint density at radius 3 is 2.44 bits per heavy atom. The number of aromatic amines is 2. The highest BCUT2D eigenvalue weighted by atomic mass is 16.6. The van der Waals surface area contributed by atoms with Crippen LogP contribution in [0, 0.1) is 10.1 Å². The summed E-state index contributed by atoms with van der Waals surface area (Å²) in [5, 5.41) is 19.7. The Hall–Kier alpha value is -3.50. The fourth-order valence-electron chi connectivity index (χ4n) is 2.26. The van der Waals surface area contributed by atoms with Gasteiger partial charge in [-0.2, -0.15) is 0 Å². The van der Waals surface area contributed by atoms with Crippen molar-refractivity contribution in [2.45, 2.75) is 19.4 Å². The van der Waals surface area contributed by atoms with Gasteiger partial charge in [-0.3, -0.25) is 29.3 Å². The second kappa shape index (κ2) is 6.95. The molecule has 11 heteroatoms. The summed E-state index contributed by atoms with van der Waals surface area (Å²) in [7, 11) is 1.40. The fourth-order valence-corrected chi connectivity index (χ4v) is 2.26. The molecule has 0 saturated heterocycles. The Kier molecular flexibility index (Phi) is 4.96. The number of fused-ring (bicyclic) bond motifs is 1. The van der Waals surface area contributed by atoms with E-state index in [1.54, 1.807) is 0 Å². The van der Waals surface area contributed by atoms with Gasteiger partial charge in [0.1, 0.15) is 0 Å². The lowest BCUT2D eigenvalue weighted by Crippen LogP contribution is -2.30. The molecule has 0 fully saturated rings. The van der Waals surface area contributed by atoms with E-state index in [9.17, 15) is 29.3 Å². The number of amides is 1. The van der Waals surface area contributed by atoms with E-state index in [0.29, 0.717) is 0 Å². The summed E-state index contributed by atoms with van der Waals surface area (Å²) in [4.78, 5) is 61.5. The minimum atomic E-state index is -1.12. The first-order valence-electron chi connectivity index (χ1n) is 7.08. The van der Waals surface area contributed by atoms with Gasteiger partial charge in [0.2, 0.25) is 5.91 Å². The van der Waals surface area contributed by atoms with Crippen LogP contribution in [0.5, 0.6) is 0 Å². The van der Waals surface area contributed by atoms with E-state index >= 15 is 0 Å². The molecular weight excluding hydrogens is 336 g/mol. The number of nitro groups is 1. The molecule has 0 atom stereocenters. The van der Waals surface area contributed by atoms with Gasteiger partial charge in [0.15, 0.2) is 0 Å². The van der Waals surface area contributed by atoms with E-state index in [2.05, 4.69) is 9.97 Å². The topological polar surface area (TPSA) is 166 Å². The van der Waals surface area contributed by atoms with Crippen LogP contribution in [0.2, 0.25) is 0 Å². The van der Waals surface area contributed by atoms with Gasteiger partial charge < -0.3 is 20.0 Å². The monoisotopic (exact) mass is 350 g/mol. The van der Waals surface area contributed by atoms with Gasteiger partial charge in [0, 0.05) is 37.7 Å². The van der Waals surface area contributed by atoms with Gasteiger partial charge in [0.25, 0.3) is 5.69 Å². The van der Waals surface area contributed by atoms with Crippen LogP contribution in [-0.4, -0.2) is 43.8 Å². The van der Waals surface area contributed by atoms with Gasteiger partial charge in [-0.15, -0.1) is 0 Å². The zero-order chi connectivity index (χ0) is 18.7. The highest BCUT2D eigenvalue weighted by Crippen LogP contribution is 2.22. The van der Waals surface area contributed by atoms with Crippen molar-refractivity contribution in [1.82, 2.24) is 14.9 Å². The second-order valence-corrected chi connectivity index (χ2v) is 5.34. The van der Waals surface area contributed by atoms with Crippen molar-refractivity contribution >= 4 is 28.6 Å².